The van der Waals surface area contributed by atoms with E-state index in [1.807, 2.05) is 24.3 Å². The highest BCUT2D eigenvalue weighted by molar-refractivity contribution is 7.84. The second-order valence-corrected chi connectivity index (χ2v) is 5.85. The molecule has 4 nitrogen and oxygen atoms in total. The SMILES string of the molecule is COc1ccccc1CNC(=O)c1ccc(S(C)=O)cc1. The minimum atomic E-state index is -1.04. The van der Waals surface area contributed by atoms with E-state index in [1.54, 1.807) is 37.6 Å². The molecule has 5 heteroatoms. The summed E-state index contributed by atoms with van der Waals surface area (Å²) >= 11 is 0. The van der Waals surface area contributed by atoms with Crippen LogP contribution in [-0.2, 0) is 17.3 Å². The molecule has 0 fully saturated rings. The van der Waals surface area contributed by atoms with E-state index in [2.05, 4.69) is 5.32 Å². The van der Waals surface area contributed by atoms with Crippen molar-refractivity contribution in [1.82, 2.24) is 5.32 Å². The summed E-state index contributed by atoms with van der Waals surface area (Å²) < 4.78 is 16.5. The third kappa shape index (κ3) is 3.92. The maximum absolute atomic E-state index is 12.1. The van der Waals surface area contributed by atoms with Crippen molar-refractivity contribution in [3.63, 3.8) is 0 Å². The molecule has 2 aromatic rings. The number of amides is 1. The predicted octanol–water partition coefficient (Wildman–Crippen LogP) is 2.36. The van der Waals surface area contributed by atoms with Gasteiger partial charge in [-0.05, 0) is 30.3 Å². The van der Waals surface area contributed by atoms with Gasteiger partial charge in [0, 0.05) is 39.6 Å². The molecule has 1 atom stereocenters. The summed E-state index contributed by atoms with van der Waals surface area (Å²) in [5, 5.41) is 2.84. The van der Waals surface area contributed by atoms with Crippen LogP contribution in [0.4, 0.5) is 0 Å². The zero-order chi connectivity index (χ0) is 15.2. The number of ether oxygens (including phenoxy) is 1. The minimum Gasteiger partial charge on any atom is -0.496 e. The third-order valence-electron chi connectivity index (χ3n) is 3.08. The number of carbonyl (C=O) groups is 1. The number of nitrogens with one attached hydrogen (secondary N) is 1. The Kier molecular flexibility index (Phi) is 5.11. The second kappa shape index (κ2) is 7.04. The van der Waals surface area contributed by atoms with Crippen molar-refractivity contribution in [2.24, 2.45) is 0 Å². The number of hydrogen-bond acceptors (Lipinski definition) is 3. The van der Waals surface area contributed by atoms with Crippen molar-refractivity contribution < 1.29 is 13.7 Å². The first kappa shape index (κ1) is 15.3. The van der Waals surface area contributed by atoms with Crippen LogP contribution >= 0.6 is 0 Å². The zero-order valence-electron chi connectivity index (χ0n) is 12.0. The van der Waals surface area contributed by atoms with E-state index < -0.39 is 10.8 Å². The van der Waals surface area contributed by atoms with Crippen LogP contribution < -0.4 is 10.1 Å². The van der Waals surface area contributed by atoms with Gasteiger partial charge in [0.1, 0.15) is 5.75 Å². The van der Waals surface area contributed by atoms with Gasteiger partial charge in [0.05, 0.1) is 7.11 Å². The van der Waals surface area contributed by atoms with Crippen LogP contribution in [0.3, 0.4) is 0 Å². The van der Waals surface area contributed by atoms with Crippen molar-refractivity contribution in [1.29, 1.82) is 0 Å². The quantitative estimate of drug-likeness (QED) is 0.922. The highest BCUT2D eigenvalue weighted by Crippen LogP contribution is 2.17. The van der Waals surface area contributed by atoms with Crippen LogP contribution in [-0.4, -0.2) is 23.5 Å². The minimum absolute atomic E-state index is 0.172. The Hall–Kier alpha value is -2.14. The molecule has 1 amide bonds. The highest BCUT2D eigenvalue weighted by atomic mass is 32.2. The van der Waals surface area contributed by atoms with Gasteiger partial charge in [-0.1, -0.05) is 18.2 Å². The summed E-state index contributed by atoms with van der Waals surface area (Å²) in [6, 6.07) is 14.3. The van der Waals surface area contributed by atoms with Crippen molar-refractivity contribution in [2.75, 3.05) is 13.4 Å². The Morgan fingerprint density at radius 2 is 1.81 bits per heavy atom. The molecule has 0 aromatic heterocycles. The molecule has 0 heterocycles. The molecule has 2 rings (SSSR count). The van der Waals surface area contributed by atoms with Gasteiger partial charge in [-0.3, -0.25) is 9.00 Å². The van der Waals surface area contributed by atoms with Crippen molar-refractivity contribution >= 4 is 16.7 Å². The Morgan fingerprint density at radius 1 is 1.14 bits per heavy atom. The van der Waals surface area contributed by atoms with Gasteiger partial charge in [0.25, 0.3) is 5.91 Å². The lowest BCUT2D eigenvalue weighted by atomic mass is 10.2. The molecule has 1 N–H and O–H groups in total. The lowest BCUT2D eigenvalue weighted by molar-refractivity contribution is 0.0950. The van der Waals surface area contributed by atoms with Gasteiger partial charge in [0.15, 0.2) is 0 Å². The second-order valence-electron chi connectivity index (χ2n) is 4.47. The fourth-order valence-electron chi connectivity index (χ4n) is 1.92. The molecule has 0 saturated heterocycles. The standard InChI is InChI=1S/C16H17NO3S/c1-20-15-6-4-3-5-13(15)11-17-16(18)12-7-9-14(10-8-12)21(2)19/h3-10H,11H2,1-2H3,(H,17,18). The van der Waals surface area contributed by atoms with E-state index in [9.17, 15) is 9.00 Å². The van der Waals surface area contributed by atoms with E-state index in [-0.39, 0.29) is 5.91 Å². The largest absolute Gasteiger partial charge is 0.496 e. The number of carbonyl (C=O) groups excluding carboxylic acids is 1. The first-order valence-electron chi connectivity index (χ1n) is 6.45. The molecule has 110 valence electrons. The van der Waals surface area contributed by atoms with Crippen molar-refractivity contribution in [3.05, 3.63) is 59.7 Å². The summed E-state index contributed by atoms with van der Waals surface area (Å²) in [7, 11) is 0.565. The fourth-order valence-corrected chi connectivity index (χ4v) is 2.44. The van der Waals surface area contributed by atoms with Crippen LogP contribution in [0.15, 0.2) is 53.4 Å². The lowest BCUT2D eigenvalue weighted by Gasteiger charge is -2.09. The van der Waals surface area contributed by atoms with Crippen molar-refractivity contribution in [2.45, 2.75) is 11.4 Å². The van der Waals surface area contributed by atoms with Gasteiger partial charge in [-0.25, -0.2) is 0 Å². The molecular formula is C16H17NO3S. The Bertz CT molecular complexity index is 653. The number of rotatable bonds is 5. The molecule has 0 saturated carbocycles. The first-order valence-corrected chi connectivity index (χ1v) is 8.01. The average molecular weight is 303 g/mol. The molecule has 0 spiro atoms. The van der Waals surface area contributed by atoms with Crippen LogP contribution in [0.5, 0.6) is 5.75 Å². The van der Waals surface area contributed by atoms with E-state index >= 15 is 0 Å². The lowest BCUT2D eigenvalue weighted by Crippen LogP contribution is -2.23. The van der Waals surface area contributed by atoms with Crippen LogP contribution in [0, 0.1) is 0 Å². The molecule has 0 radical (unpaired) electrons. The number of para-hydroxylation sites is 1. The molecule has 0 aliphatic carbocycles. The Labute approximate surface area is 126 Å². The van der Waals surface area contributed by atoms with E-state index in [0.717, 1.165) is 11.3 Å². The molecule has 21 heavy (non-hydrogen) atoms. The Balaban J connectivity index is 2.03. The molecular weight excluding hydrogens is 286 g/mol. The molecule has 1 unspecified atom stereocenters. The first-order chi connectivity index (χ1) is 10.1. The summed E-state index contributed by atoms with van der Waals surface area (Å²) in [4.78, 5) is 12.8. The van der Waals surface area contributed by atoms with Crippen molar-refractivity contribution in [3.8, 4) is 5.75 Å². The van der Waals surface area contributed by atoms with Crippen LogP contribution in [0.25, 0.3) is 0 Å². The van der Waals surface area contributed by atoms with Gasteiger partial charge < -0.3 is 10.1 Å². The normalized spacial score (nSPS) is 11.7. The summed E-state index contributed by atoms with van der Waals surface area (Å²) in [5.41, 5.74) is 1.46. The zero-order valence-corrected chi connectivity index (χ0v) is 12.8. The fraction of sp³-hybridized carbons (Fsp3) is 0.188. The molecule has 0 bridgehead atoms. The summed E-state index contributed by atoms with van der Waals surface area (Å²) in [6.07, 6.45) is 1.61. The smallest absolute Gasteiger partial charge is 0.251 e. The average Bonchev–Trinajstić information content (AvgIpc) is 2.52. The number of benzene rings is 2. The van der Waals surface area contributed by atoms with E-state index in [1.165, 1.54) is 0 Å². The van der Waals surface area contributed by atoms with Gasteiger partial charge in [-0.15, -0.1) is 0 Å². The predicted molar refractivity (Wildman–Crippen MR) is 82.9 cm³/mol. The monoisotopic (exact) mass is 303 g/mol. The van der Waals surface area contributed by atoms with Crippen LogP contribution in [0.2, 0.25) is 0 Å². The summed E-state index contributed by atoms with van der Waals surface area (Å²) in [6.45, 7) is 0.393. The van der Waals surface area contributed by atoms with Crippen LogP contribution in [0.1, 0.15) is 15.9 Å². The molecule has 0 aliphatic heterocycles. The van der Waals surface area contributed by atoms with Gasteiger partial charge >= 0.3 is 0 Å². The maximum Gasteiger partial charge on any atom is 0.251 e. The summed E-state index contributed by atoms with van der Waals surface area (Å²) in [5.74, 6) is 0.573. The maximum atomic E-state index is 12.1. The Morgan fingerprint density at radius 3 is 2.43 bits per heavy atom. The van der Waals surface area contributed by atoms with Gasteiger partial charge in [0.2, 0.25) is 0 Å². The topological polar surface area (TPSA) is 55.4 Å². The third-order valence-corrected chi connectivity index (χ3v) is 4.02. The molecule has 2 aromatic carbocycles. The molecule has 0 aliphatic rings. The number of methoxy groups -OCH3 is 1. The van der Waals surface area contributed by atoms with Gasteiger partial charge in [-0.2, -0.15) is 0 Å². The number of hydrogen-bond donors (Lipinski definition) is 1. The van der Waals surface area contributed by atoms with E-state index in [4.69, 9.17) is 4.74 Å². The highest BCUT2D eigenvalue weighted by Gasteiger charge is 2.08. The van der Waals surface area contributed by atoms with E-state index in [0.29, 0.717) is 17.0 Å².